The lowest BCUT2D eigenvalue weighted by Crippen LogP contribution is -2.43. The van der Waals surface area contributed by atoms with Gasteiger partial charge in [0.15, 0.2) is 5.13 Å². The second kappa shape index (κ2) is 4.09. The van der Waals surface area contributed by atoms with E-state index in [1.54, 1.807) is 0 Å². The molecule has 2 heterocycles. The summed E-state index contributed by atoms with van der Waals surface area (Å²) in [5.41, 5.74) is 7.13. The van der Waals surface area contributed by atoms with E-state index in [1.165, 1.54) is 11.3 Å². The number of benzene rings is 2. The first kappa shape index (κ1) is 11.5. The van der Waals surface area contributed by atoms with Crippen molar-refractivity contribution in [3.05, 3.63) is 59.2 Å². The van der Waals surface area contributed by atoms with Crippen LogP contribution in [-0.4, -0.2) is 10.9 Å². The molecule has 0 saturated heterocycles. The van der Waals surface area contributed by atoms with E-state index in [0.717, 1.165) is 20.9 Å². The minimum absolute atomic E-state index is 0.717. The molecule has 0 saturated carbocycles. The third kappa shape index (κ3) is 1.86. The van der Waals surface area contributed by atoms with Crippen molar-refractivity contribution in [2.45, 2.75) is 5.91 Å². The second-order valence-corrected chi connectivity index (χ2v) is 5.58. The zero-order valence-electron chi connectivity index (χ0n) is 10.4. The number of nitrogens with two attached hydrogens (primary N) is 1. The van der Waals surface area contributed by atoms with Gasteiger partial charge in [0.1, 0.15) is 0 Å². The number of anilines is 1. The highest BCUT2D eigenvalue weighted by Gasteiger charge is 2.26. The van der Waals surface area contributed by atoms with Gasteiger partial charge in [-0.3, -0.25) is 5.73 Å². The summed E-state index contributed by atoms with van der Waals surface area (Å²) < 4.78 is 1.11. The Morgan fingerprint density at radius 2 is 1.60 bits per heavy atom. The molecule has 6 heteroatoms. The topological polar surface area (TPSA) is 75.7 Å². The molecule has 0 spiro atoms. The van der Waals surface area contributed by atoms with Crippen molar-refractivity contribution in [3.63, 3.8) is 0 Å². The lowest BCUT2D eigenvalue weighted by Gasteiger charge is -2.17. The van der Waals surface area contributed by atoms with Gasteiger partial charge >= 0.3 is 0 Å². The molecule has 3 aromatic rings. The maximum Gasteiger partial charge on any atom is 0.286 e. The van der Waals surface area contributed by atoms with Crippen LogP contribution in [0, 0.1) is 0 Å². The SMILES string of the molecule is NC1(Nc2nc3ccccc3s2)N=c2ccccc2=N1. The Balaban J connectivity index is 1.74. The fraction of sp³-hybridized carbons (Fsp3) is 0.0714. The largest absolute Gasteiger partial charge is 0.306 e. The third-order valence-corrected chi connectivity index (χ3v) is 4.00. The first-order valence-corrected chi connectivity index (χ1v) is 7.01. The molecule has 20 heavy (non-hydrogen) atoms. The van der Waals surface area contributed by atoms with Crippen LogP contribution in [0.15, 0.2) is 58.5 Å². The van der Waals surface area contributed by atoms with Gasteiger partial charge in [0.2, 0.25) is 0 Å². The number of fused-ring (bicyclic) bond motifs is 2. The standard InChI is InChI=1S/C14H11N5S/c15-14(17-9-5-1-2-6-10(9)18-14)19-13-16-11-7-3-4-8-12(11)20-13/h1-8H,15H2,(H,16,19). The number of hydrogen-bond donors (Lipinski definition) is 2. The van der Waals surface area contributed by atoms with Crippen molar-refractivity contribution in [3.8, 4) is 0 Å². The van der Waals surface area contributed by atoms with Crippen LogP contribution in [0.1, 0.15) is 0 Å². The van der Waals surface area contributed by atoms with Crippen LogP contribution in [0.4, 0.5) is 5.13 Å². The van der Waals surface area contributed by atoms with E-state index in [0.29, 0.717) is 5.13 Å². The molecule has 0 radical (unpaired) electrons. The molecule has 0 amide bonds. The average Bonchev–Trinajstić information content (AvgIpc) is 2.97. The second-order valence-electron chi connectivity index (χ2n) is 4.55. The van der Waals surface area contributed by atoms with E-state index in [4.69, 9.17) is 5.73 Å². The third-order valence-electron chi connectivity index (χ3n) is 3.05. The predicted octanol–water partition coefficient (Wildman–Crippen LogP) is 1.23. The van der Waals surface area contributed by atoms with E-state index in [1.807, 2.05) is 48.5 Å². The van der Waals surface area contributed by atoms with Crippen LogP contribution in [0.5, 0.6) is 0 Å². The van der Waals surface area contributed by atoms with E-state index in [-0.39, 0.29) is 0 Å². The molecule has 1 aromatic heterocycles. The molecule has 98 valence electrons. The molecule has 0 aliphatic carbocycles. The van der Waals surface area contributed by atoms with Crippen LogP contribution in [0.25, 0.3) is 10.2 Å². The molecule has 3 N–H and O–H groups in total. The first-order chi connectivity index (χ1) is 9.72. The van der Waals surface area contributed by atoms with Gasteiger partial charge in [-0.1, -0.05) is 35.6 Å². The normalized spacial score (nSPS) is 15.4. The van der Waals surface area contributed by atoms with Gasteiger partial charge in [0.25, 0.3) is 5.91 Å². The molecule has 0 atom stereocenters. The van der Waals surface area contributed by atoms with Gasteiger partial charge in [-0.15, -0.1) is 0 Å². The van der Waals surface area contributed by atoms with Crippen molar-refractivity contribution < 1.29 is 0 Å². The van der Waals surface area contributed by atoms with Crippen molar-refractivity contribution in [2.75, 3.05) is 5.32 Å². The van der Waals surface area contributed by atoms with Crippen LogP contribution in [0.3, 0.4) is 0 Å². The summed E-state index contributed by atoms with van der Waals surface area (Å²) in [6, 6.07) is 15.6. The Morgan fingerprint density at radius 3 is 2.30 bits per heavy atom. The van der Waals surface area contributed by atoms with E-state index >= 15 is 0 Å². The summed E-state index contributed by atoms with van der Waals surface area (Å²) in [6.45, 7) is 0. The quantitative estimate of drug-likeness (QED) is 0.694. The Labute approximate surface area is 118 Å². The van der Waals surface area contributed by atoms with Crippen LogP contribution < -0.4 is 21.8 Å². The Hall–Kier alpha value is -2.31. The van der Waals surface area contributed by atoms with Crippen LogP contribution in [-0.2, 0) is 0 Å². The summed E-state index contributed by atoms with van der Waals surface area (Å²) in [6.07, 6.45) is 0. The molecule has 0 fully saturated rings. The highest BCUT2D eigenvalue weighted by Crippen LogP contribution is 2.27. The summed E-state index contributed by atoms with van der Waals surface area (Å²) in [4.78, 5) is 13.3. The molecule has 0 unspecified atom stereocenters. The smallest absolute Gasteiger partial charge is 0.286 e. The van der Waals surface area contributed by atoms with E-state index in [9.17, 15) is 0 Å². The molecule has 2 aromatic carbocycles. The highest BCUT2D eigenvalue weighted by atomic mass is 32.1. The number of aromatic nitrogens is 1. The van der Waals surface area contributed by atoms with Gasteiger partial charge in [-0.05, 0) is 24.3 Å². The number of para-hydroxylation sites is 3. The van der Waals surface area contributed by atoms with Crippen molar-refractivity contribution in [1.29, 1.82) is 0 Å². The van der Waals surface area contributed by atoms with Gasteiger partial charge in [-0.25, -0.2) is 15.0 Å². The molecule has 1 aliphatic rings. The lowest BCUT2D eigenvalue weighted by atomic mass is 10.3. The molecule has 0 bridgehead atoms. The number of hydrogen-bond acceptors (Lipinski definition) is 6. The summed E-state index contributed by atoms with van der Waals surface area (Å²) in [7, 11) is 0. The van der Waals surface area contributed by atoms with Gasteiger partial charge in [-0.2, -0.15) is 0 Å². The number of thiazole rings is 1. The summed E-state index contributed by atoms with van der Waals surface area (Å²) in [5, 5.41) is 5.41. The minimum Gasteiger partial charge on any atom is -0.306 e. The Morgan fingerprint density at radius 1 is 0.950 bits per heavy atom. The van der Waals surface area contributed by atoms with Crippen molar-refractivity contribution >= 4 is 26.7 Å². The fourth-order valence-corrected chi connectivity index (χ4v) is 3.10. The highest BCUT2D eigenvalue weighted by molar-refractivity contribution is 7.22. The molecular formula is C14H11N5S. The average molecular weight is 281 g/mol. The minimum atomic E-state index is -1.17. The number of nitrogens with one attached hydrogen (secondary N) is 1. The fourth-order valence-electron chi connectivity index (χ4n) is 2.18. The lowest BCUT2D eigenvalue weighted by molar-refractivity contribution is 0.534. The number of rotatable bonds is 2. The van der Waals surface area contributed by atoms with Crippen molar-refractivity contribution in [1.82, 2.24) is 4.98 Å². The zero-order valence-corrected chi connectivity index (χ0v) is 11.3. The van der Waals surface area contributed by atoms with E-state index < -0.39 is 5.91 Å². The maximum atomic E-state index is 6.19. The van der Waals surface area contributed by atoms with Gasteiger partial charge in [0.05, 0.1) is 20.9 Å². The van der Waals surface area contributed by atoms with Crippen LogP contribution >= 0.6 is 11.3 Å². The van der Waals surface area contributed by atoms with E-state index in [2.05, 4.69) is 20.3 Å². The van der Waals surface area contributed by atoms with Gasteiger partial charge < -0.3 is 5.32 Å². The van der Waals surface area contributed by atoms with Crippen molar-refractivity contribution in [2.24, 2.45) is 15.7 Å². The molecule has 5 nitrogen and oxygen atoms in total. The Bertz CT molecular complexity index is 846. The first-order valence-electron chi connectivity index (χ1n) is 6.19. The zero-order chi connectivity index (χ0) is 13.6. The molecule has 4 rings (SSSR count). The Kier molecular flexibility index (Phi) is 2.35. The van der Waals surface area contributed by atoms with Crippen LogP contribution in [0.2, 0.25) is 0 Å². The monoisotopic (exact) mass is 281 g/mol. The summed E-state index contributed by atoms with van der Waals surface area (Å²) >= 11 is 1.54. The maximum absolute atomic E-state index is 6.19. The number of nitrogens with zero attached hydrogens (tertiary/aromatic N) is 3. The molecule has 1 aliphatic heterocycles. The summed E-state index contributed by atoms with van der Waals surface area (Å²) in [5.74, 6) is -1.17. The van der Waals surface area contributed by atoms with Gasteiger partial charge in [0, 0.05) is 0 Å². The predicted molar refractivity (Wildman–Crippen MR) is 78.9 cm³/mol. The molecular weight excluding hydrogens is 270 g/mol.